The van der Waals surface area contributed by atoms with E-state index in [0.717, 1.165) is 39.0 Å². The molecule has 1 heterocycles. The van der Waals surface area contributed by atoms with Crippen LogP contribution < -0.4 is 10.1 Å². The second kappa shape index (κ2) is 7.34. The first-order valence-electron chi connectivity index (χ1n) is 8.33. The molecule has 1 amide bonds. The first-order chi connectivity index (χ1) is 12.1. The molecule has 1 N–H and O–H groups in total. The van der Waals surface area contributed by atoms with E-state index in [1.165, 1.54) is 0 Å². The van der Waals surface area contributed by atoms with Gasteiger partial charge in [-0.2, -0.15) is 0 Å². The number of hydrogen-bond acceptors (Lipinski definition) is 3. The molecule has 0 saturated heterocycles. The van der Waals surface area contributed by atoms with Crippen LogP contribution >= 0.6 is 0 Å². The Morgan fingerprint density at radius 2 is 1.80 bits per heavy atom. The van der Waals surface area contributed by atoms with E-state index in [2.05, 4.69) is 17.2 Å². The molecule has 128 valence electrons. The monoisotopic (exact) mass is 334 g/mol. The number of aromatic nitrogens is 1. The minimum absolute atomic E-state index is 0.0193. The predicted molar refractivity (Wildman–Crippen MR) is 99.8 cm³/mol. The average Bonchev–Trinajstić information content (AvgIpc) is 2.63. The second-order valence-electron chi connectivity index (χ2n) is 6.08. The van der Waals surface area contributed by atoms with Crippen LogP contribution in [0.15, 0.2) is 48.5 Å². The van der Waals surface area contributed by atoms with Gasteiger partial charge in [0.05, 0.1) is 19.0 Å². The van der Waals surface area contributed by atoms with Crippen molar-refractivity contribution in [3.05, 3.63) is 70.9 Å². The number of amides is 1. The van der Waals surface area contributed by atoms with Crippen molar-refractivity contribution < 1.29 is 9.53 Å². The molecule has 0 atom stereocenters. The lowest BCUT2D eigenvalue weighted by atomic mass is 9.99. The number of carbonyl (C=O) groups is 1. The van der Waals surface area contributed by atoms with Crippen molar-refractivity contribution in [2.75, 3.05) is 7.11 Å². The van der Waals surface area contributed by atoms with Crippen LogP contribution in [0.3, 0.4) is 0 Å². The molecule has 0 saturated carbocycles. The van der Waals surface area contributed by atoms with Crippen molar-refractivity contribution in [3.8, 4) is 5.75 Å². The minimum Gasteiger partial charge on any atom is -0.496 e. The number of hydrogen-bond donors (Lipinski definition) is 1. The summed E-state index contributed by atoms with van der Waals surface area (Å²) >= 11 is 0. The molecule has 0 bridgehead atoms. The Hall–Kier alpha value is -2.88. The Labute approximate surface area is 147 Å². The van der Waals surface area contributed by atoms with Gasteiger partial charge in [0.25, 0.3) is 0 Å². The Kier molecular flexibility index (Phi) is 4.98. The fourth-order valence-corrected chi connectivity index (χ4v) is 3.10. The van der Waals surface area contributed by atoms with Crippen molar-refractivity contribution in [1.82, 2.24) is 10.3 Å². The number of aryl methyl sites for hydroxylation is 2. The van der Waals surface area contributed by atoms with Crippen LogP contribution in [0.5, 0.6) is 5.75 Å². The number of methoxy groups -OCH3 is 1. The lowest BCUT2D eigenvalue weighted by Gasteiger charge is -2.13. The van der Waals surface area contributed by atoms with Crippen LogP contribution in [0.2, 0.25) is 0 Å². The summed E-state index contributed by atoms with van der Waals surface area (Å²) in [4.78, 5) is 17.1. The summed E-state index contributed by atoms with van der Waals surface area (Å²) in [7, 11) is 1.63. The summed E-state index contributed by atoms with van der Waals surface area (Å²) in [5, 5.41) is 4.08. The first kappa shape index (κ1) is 17.0. The van der Waals surface area contributed by atoms with E-state index >= 15 is 0 Å². The van der Waals surface area contributed by atoms with Gasteiger partial charge in [0.2, 0.25) is 5.91 Å². The molecule has 0 aliphatic rings. The summed E-state index contributed by atoms with van der Waals surface area (Å²) in [5.74, 6) is 0.761. The third-order valence-electron chi connectivity index (χ3n) is 4.49. The van der Waals surface area contributed by atoms with Gasteiger partial charge in [0.1, 0.15) is 5.75 Å². The lowest BCUT2D eigenvalue weighted by Crippen LogP contribution is -2.25. The number of benzene rings is 2. The summed E-state index contributed by atoms with van der Waals surface area (Å²) in [6.07, 6.45) is 0.324. The standard InChI is InChI=1S/C21H22N2O2/c1-14-17-9-5-6-10-19(17)23-15(2)18(14)12-21(24)22-13-16-8-4-7-11-20(16)25-3/h4-11H,12-13H2,1-3H3,(H,22,24). The maximum atomic E-state index is 12.4. The van der Waals surface area contributed by atoms with Gasteiger partial charge < -0.3 is 10.1 Å². The van der Waals surface area contributed by atoms with E-state index in [4.69, 9.17) is 4.74 Å². The van der Waals surface area contributed by atoms with Gasteiger partial charge in [-0.15, -0.1) is 0 Å². The van der Waals surface area contributed by atoms with Crippen molar-refractivity contribution in [2.24, 2.45) is 0 Å². The van der Waals surface area contributed by atoms with Crippen molar-refractivity contribution in [1.29, 1.82) is 0 Å². The van der Waals surface area contributed by atoms with Crippen molar-refractivity contribution in [2.45, 2.75) is 26.8 Å². The molecule has 0 radical (unpaired) electrons. The SMILES string of the molecule is COc1ccccc1CNC(=O)Cc1c(C)nc2ccccc2c1C. The summed E-state index contributed by atoms with van der Waals surface area (Å²) < 4.78 is 5.32. The summed E-state index contributed by atoms with van der Waals surface area (Å²) in [6.45, 7) is 4.46. The smallest absolute Gasteiger partial charge is 0.224 e. The van der Waals surface area contributed by atoms with Crippen LogP contribution in [-0.2, 0) is 17.8 Å². The van der Waals surface area contributed by atoms with Crippen LogP contribution in [0, 0.1) is 13.8 Å². The zero-order valence-electron chi connectivity index (χ0n) is 14.8. The molecule has 0 unspecified atom stereocenters. The number of nitrogens with zero attached hydrogens (tertiary/aromatic N) is 1. The Morgan fingerprint density at radius 1 is 1.08 bits per heavy atom. The third kappa shape index (κ3) is 3.63. The topological polar surface area (TPSA) is 51.2 Å². The van der Waals surface area contributed by atoms with E-state index in [1.807, 2.05) is 55.5 Å². The molecule has 4 nitrogen and oxygen atoms in total. The number of pyridine rings is 1. The van der Waals surface area contributed by atoms with Gasteiger partial charge in [0.15, 0.2) is 0 Å². The van der Waals surface area contributed by atoms with E-state index in [9.17, 15) is 4.79 Å². The zero-order chi connectivity index (χ0) is 17.8. The third-order valence-corrected chi connectivity index (χ3v) is 4.49. The lowest BCUT2D eigenvalue weighted by molar-refractivity contribution is -0.120. The van der Waals surface area contributed by atoms with Gasteiger partial charge in [0, 0.05) is 23.2 Å². The number of rotatable bonds is 5. The molecule has 3 aromatic rings. The molecule has 0 aliphatic heterocycles. The second-order valence-corrected chi connectivity index (χ2v) is 6.08. The number of fused-ring (bicyclic) bond motifs is 1. The van der Waals surface area contributed by atoms with Gasteiger partial charge >= 0.3 is 0 Å². The van der Waals surface area contributed by atoms with E-state index in [0.29, 0.717) is 13.0 Å². The van der Waals surface area contributed by atoms with Gasteiger partial charge in [-0.25, -0.2) is 0 Å². The molecular weight excluding hydrogens is 312 g/mol. The maximum Gasteiger partial charge on any atom is 0.224 e. The van der Waals surface area contributed by atoms with Gasteiger partial charge in [-0.1, -0.05) is 36.4 Å². The van der Waals surface area contributed by atoms with Crippen molar-refractivity contribution >= 4 is 16.8 Å². The highest BCUT2D eigenvalue weighted by Gasteiger charge is 2.13. The van der Waals surface area contributed by atoms with E-state index in [1.54, 1.807) is 7.11 Å². The average molecular weight is 334 g/mol. The van der Waals surface area contributed by atoms with E-state index < -0.39 is 0 Å². The Bertz CT molecular complexity index is 919. The predicted octanol–water partition coefficient (Wildman–Crippen LogP) is 3.72. The number of nitrogens with one attached hydrogen (secondary N) is 1. The normalized spacial score (nSPS) is 10.7. The molecule has 25 heavy (non-hydrogen) atoms. The van der Waals surface area contributed by atoms with Crippen LogP contribution in [0.1, 0.15) is 22.4 Å². The fourth-order valence-electron chi connectivity index (χ4n) is 3.10. The Balaban J connectivity index is 1.76. The molecule has 3 rings (SSSR count). The highest BCUT2D eigenvalue weighted by atomic mass is 16.5. The fraction of sp³-hybridized carbons (Fsp3) is 0.238. The summed E-state index contributed by atoms with van der Waals surface area (Å²) in [5.41, 5.74) is 4.95. The molecule has 0 aliphatic carbocycles. The Morgan fingerprint density at radius 3 is 2.60 bits per heavy atom. The first-order valence-corrected chi connectivity index (χ1v) is 8.33. The highest BCUT2D eigenvalue weighted by Crippen LogP contribution is 2.23. The van der Waals surface area contributed by atoms with Crippen LogP contribution in [-0.4, -0.2) is 18.0 Å². The molecule has 2 aromatic carbocycles. The van der Waals surface area contributed by atoms with E-state index in [-0.39, 0.29) is 5.91 Å². The van der Waals surface area contributed by atoms with Crippen molar-refractivity contribution in [3.63, 3.8) is 0 Å². The molecule has 0 fully saturated rings. The molecule has 1 aromatic heterocycles. The van der Waals surface area contributed by atoms with Crippen LogP contribution in [0.25, 0.3) is 10.9 Å². The number of para-hydroxylation sites is 2. The molecule has 4 heteroatoms. The summed E-state index contributed by atoms with van der Waals surface area (Å²) in [6, 6.07) is 15.7. The van der Waals surface area contributed by atoms with Gasteiger partial charge in [-0.3, -0.25) is 9.78 Å². The largest absolute Gasteiger partial charge is 0.496 e. The number of carbonyl (C=O) groups excluding carboxylic acids is 1. The quantitative estimate of drug-likeness (QED) is 0.774. The minimum atomic E-state index is -0.0193. The van der Waals surface area contributed by atoms with Gasteiger partial charge in [-0.05, 0) is 37.1 Å². The molecular formula is C21H22N2O2. The number of ether oxygens (including phenoxy) is 1. The highest BCUT2D eigenvalue weighted by molar-refractivity contribution is 5.86. The maximum absolute atomic E-state index is 12.4. The van der Waals surface area contributed by atoms with Crippen LogP contribution in [0.4, 0.5) is 0 Å². The molecule has 0 spiro atoms. The zero-order valence-corrected chi connectivity index (χ0v) is 14.8.